The van der Waals surface area contributed by atoms with Crippen LogP contribution in [0, 0.1) is 0 Å². The van der Waals surface area contributed by atoms with Crippen LogP contribution in [0.4, 0.5) is 0 Å². The van der Waals surface area contributed by atoms with Gasteiger partial charge in [-0.3, -0.25) is 9.78 Å². The van der Waals surface area contributed by atoms with Crippen LogP contribution in [0.15, 0.2) is 18.5 Å². The first-order valence-electron chi connectivity index (χ1n) is 6.81. The zero-order valence-corrected chi connectivity index (χ0v) is 11.6. The van der Waals surface area contributed by atoms with Crippen molar-refractivity contribution < 1.29 is 14.3 Å². The third kappa shape index (κ3) is 2.95. The van der Waals surface area contributed by atoms with Crippen molar-refractivity contribution in [3.05, 3.63) is 24.0 Å². The summed E-state index contributed by atoms with van der Waals surface area (Å²) in [5.41, 5.74) is -0.104. The van der Waals surface area contributed by atoms with Crippen LogP contribution in [0.1, 0.15) is 48.9 Å². The second-order valence-corrected chi connectivity index (χ2v) is 5.06. The van der Waals surface area contributed by atoms with Crippen molar-refractivity contribution in [1.82, 2.24) is 4.98 Å². The molecule has 0 bridgehead atoms. The molecule has 0 aliphatic heterocycles. The number of methoxy groups -OCH3 is 2. The maximum Gasteiger partial charge on any atom is 0.196 e. The Morgan fingerprint density at radius 2 is 1.84 bits per heavy atom. The summed E-state index contributed by atoms with van der Waals surface area (Å²) >= 11 is 0. The average Bonchev–Trinajstić information content (AvgIpc) is 2.73. The van der Waals surface area contributed by atoms with E-state index in [9.17, 15) is 4.79 Å². The van der Waals surface area contributed by atoms with Gasteiger partial charge in [-0.15, -0.1) is 0 Å². The van der Waals surface area contributed by atoms with E-state index in [0.29, 0.717) is 11.3 Å². The van der Waals surface area contributed by atoms with E-state index in [4.69, 9.17) is 9.47 Å². The number of aromatic nitrogens is 1. The third-order valence-electron chi connectivity index (χ3n) is 3.93. The highest BCUT2D eigenvalue weighted by Crippen LogP contribution is 2.33. The number of carbonyl (C=O) groups is 1. The number of ether oxygens (including phenoxy) is 2. The first-order chi connectivity index (χ1) is 9.22. The highest BCUT2D eigenvalue weighted by molar-refractivity contribution is 6.02. The second-order valence-electron chi connectivity index (χ2n) is 5.06. The molecule has 2 rings (SSSR count). The molecule has 0 saturated heterocycles. The topological polar surface area (TPSA) is 48.4 Å². The van der Waals surface area contributed by atoms with E-state index in [1.807, 2.05) is 0 Å². The number of hydrogen-bond donors (Lipinski definition) is 0. The molecule has 1 saturated carbocycles. The second kappa shape index (κ2) is 6.15. The molecular weight excluding hydrogens is 242 g/mol. The van der Waals surface area contributed by atoms with Crippen LogP contribution in [0.5, 0.6) is 5.75 Å². The molecule has 0 spiro atoms. The van der Waals surface area contributed by atoms with Gasteiger partial charge in [0.15, 0.2) is 5.78 Å². The van der Waals surface area contributed by atoms with Gasteiger partial charge in [-0.2, -0.15) is 0 Å². The zero-order chi connectivity index (χ0) is 13.7. The predicted octanol–water partition coefficient (Wildman–Crippen LogP) is 3.01. The number of Topliss-reactive ketones (excluding diaryl/α,β-unsaturated/α-hetero) is 1. The van der Waals surface area contributed by atoms with Crippen molar-refractivity contribution in [2.75, 3.05) is 14.2 Å². The minimum absolute atomic E-state index is 0.0308. The lowest BCUT2D eigenvalue weighted by molar-refractivity contribution is -0.00696. The summed E-state index contributed by atoms with van der Waals surface area (Å²) < 4.78 is 10.8. The van der Waals surface area contributed by atoms with Gasteiger partial charge < -0.3 is 9.47 Å². The lowest BCUT2D eigenvalue weighted by atomic mass is 9.86. The Bertz CT molecular complexity index is 437. The van der Waals surface area contributed by atoms with Gasteiger partial charge in [0.1, 0.15) is 11.4 Å². The van der Waals surface area contributed by atoms with Gasteiger partial charge in [0.25, 0.3) is 0 Å². The molecule has 0 radical (unpaired) electrons. The molecule has 1 aliphatic carbocycles. The molecule has 0 aromatic carbocycles. The van der Waals surface area contributed by atoms with E-state index < -0.39 is 5.60 Å². The molecule has 1 heterocycles. The smallest absolute Gasteiger partial charge is 0.196 e. The number of rotatable bonds is 4. The van der Waals surface area contributed by atoms with Crippen LogP contribution < -0.4 is 4.74 Å². The fraction of sp³-hybridized carbons (Fsp3) is 0.600. The van der Waals surface area contributed by atoms with E-state index in [2.05, 4.69) is 4.98 Å². The minimum atomic E-state index is -0.676. The van der Waals surface area contributed by atoms with Crippen molar-refractivity contribution in [3.63, 3.8) is 0 Å². The Hall–Kier alpha value is -1.42. The number of hydrogen-bond acceptors (Lipinski definition) is 4. The van der Waals surface area contributed by atoms with E-state index in [-0.39, 0.29) is 5.78 Å². The maximum atomic E-state index is 12.8. The largest absolute Gasteiger partial charge is 0.495 e. The highest BCUT2D eigenvalue weighted by Gasteiger charge is 2.39. The summed E-state index contributed by atoms with van der Waals surface area (Å²) in [5, 5.41) is 0. The summed E-state index contributed by atoms with van der Waals surface area (Å²) in [6.45, 7) is 0. The molecule has 1 aromatic rings. The molecule has 0 N–H and O–H groups in total. The summed E-state index contributed by atoms with van der Waals surface area (Å²) in [7, 11) is 3.21. The summed E-state index contributed by atoms with van der Waals surface area (Å²) in [6.07, 6.45) is 9.20. The first kappa shape index (κ1) is 14.0. The predicted molar refractivity (Wildman–Crippen MR) is 72.6 cm³/mol. The number of pyridine rings is 1. The highest BCUT2D eigenvalue weighted by atomic mass is 16.5. The molecule has 0 unspecified atom stereocenters. The Morgan fingerprint density at radius 1 is 1.16 bits per heavy atom. The lowest BCUT2D eigenvalue weighted by Gasteiger charge is -2.29. The third-order valence-corrected chi connectivity index (χ3v) is 3.93. The zero-order valence-electron chi connectivity index (χ0n) is 11.6. The molecule has 19 heavy (non-hydrogen) atoms. The average molecular weight is 263 g/mol. The monoisotopic (exact) mass is 263 g/mol. The fourth-order valence-electron chi connectivity index (χ4n) is 2.74. The van der Waals surface area contributed by atoms with Gasteiger partial charge in [-0.25, -0.2) is 0 Å². The van der Waals surface area contributed by atoms with Crippen LogP contribution in [-0.4, -0.2) is 30.6 Å². The molecule has 1 fully saturated rings. The maximum absolute atomic E-state index is 12.8. The fourth-order valence-corrected chi connectivity index (χ4v) is 2.74. The van der Waals surface area contributed by atoms with Crippen LogP contribution in [0.25, 0.3) is 0 Å². The molecule has 1 aliphatic rings. The first-order valence-corrected chi connectivity index (χ1v) is 6.81. The van der Waals surface area contributed by atoms with Gasteiger partial charge >= 0.3 is 0 Å². The van der Waals surface area contributed by atoms with Gasteiger partial charge in [-0.05, 0) is 18.9 Å². The Kier molecular flexibility index (Phi) is 4.53. The van der Waals surface area contributed by atoms with Crippen LogP contribution in [-0.2, 0) is 4.74 Å². The standard InChI is InChI=1S/C15H21NO3/c1-18-13-9-12(10-16-11-13)14(17)15(19-2)7-5-3-4-6-8-15/h9-11H,3-8H2,1-2H3. The molecule has 4 nitrogen and oxygen atoms in total. The minimum Gasteiger partial charge on any atom is -0.495 e. The van der Waals surface area contributed by atoms with Gasteiger partial charge in [0, 0.05) is 18.9 Å². The van der Waals surface area contributed by atoms with Crippen LogP contribution >= 0.6 is 0 Å². The van der Waals surface area contributed by atoms with Crippen LogP contribution in [0.2, 0.25) is 0 Å². The van der Waals surface area contributed by atoms with Crippen molar-refractivity contribution in [3.8, 4) is 5.75 Å². The van der Waals surface area contributed by atoms with Gasteiger partial charge in [0.2, 0.25) is 0 Å². The number of nitrogens with zero attached hydrogens (tertiary/aromatic N) is 1. The summed E-state index contributed by atoms with van der Waals surface area (Å²) in [4.78, 5) is 16.8. The Morgan fingerprint density at radius 3 is 2.42 bits per heavy atom. The van der Waals surface area contributed by atoms with Crippen molar-refractivity contribution in [2.45, 2.75) is 44.1 Å². The molecule has 104 valence electrons. The molecule has 0 amide bonds. The van der Waals surface area contributed by atoms with Crippen molar-refractivity contribution in [1.29, 1.82) is 0 Å². The molecular formula is C15H21NO3. The van der Waals surface area contributed by atoms with Crippen molar-refractivity contribution >= 4 is 5.78 Å². The number of ketones is 1. The van der Waals surface area contributed by atoms with Crippen molar-refractivity contribution in [2.24, 2.45) is 0 Å². The van der Waals surface area contributed by atoms with Gasteiger partial charge in [-0.1, -0.05) is 25.7 Å². The lowest BCUT2D eigenvalue weighted by Crippen LogP contribution is -2.40. The quantitative estimate of drug-likeness (QED) is 0.619. The normalized spacial score (nSPS) is 18.6. The SMILES string of the molecule is COc1cncc(C(=O)C2(OC)CCCCCC2)c1. The molecule has 0 atom stereocenters. The summed E-state index contributed by atoms with van der Waals surface area (Å²) in [5.74, 6) is 0.633. The number of carbonyl (C=O) groups excluding carboxylic acids is 1. The van der Waals surface area contributed by atoms with E-state index in [1.165, 1.54) is 12.8 Å². The van der Waals surface area contributed by atoms with Crippen LogP contribution in [0.3, 0.4) is 0 Å². The summed E-state index contributed by atoms with van der Waals surface area (Å²) in [6, 6.07) is 1.74. The van der Waals surface area contributed by atoms with E-state index in [1.54, 1.807) is 32.7 Å². The Labute approximate surface area is 114 Å². The Balaban J connectivity index is 2.28. The molecule has 1 aromatic heterocycles. The van der Waals surface area contributed by atoms with Gasteiger partial charge in [0.05, 0.1) is 13.3 Å². The van der Waals surface area contributed by atoms with E-state index >= 15 is 0 Å². The molecule has 4 heteroatoms. The van der Waals surface area contributed by atoms with E-state index in [0.717, 1.165) is 25.7 Å².